The van der Waals surface area contributed by atoms with Crippen LogP contribution in [-0.4, -0.2) is 37.1 Å². The summed E-state index contributed by atoms with van der Waals surface area (Å²) in [6.45, 7) is 0. The molecule has 1 heterocycles. The van der Waals surface area contributed by atoms with Crippen molar-refractivity contribution in [3.05, 3.63) is 71.4 Å². The first-order valence-corrected chi connectivity index (χ1v) is 13.1. The van der Waals surface area contributed by atoms with Gasteiger partial charge in [-0.25, -0.2) is 18.2 Å². The third kappa shape index (κ3) is 6.03. The minimum Gasteiger partial charge on any atom is -0.323 e. The van der Waals surface area contributed by atoms with E-state index in [4.69, 9.17) is 11.6 Å². The van der Waals surface area contributed by atoms with E-state index in [1.54, 1.807) is 0 Å². The summed E-state index contributed by atoms with van der Waals surface area (Å²) in [7, 11) is -3.71. The van der Waals surface area contributed by atoms with E-state index in [1.165, 1.54) is 48.7 Å². The van der Waals surface area contributed by atoms with Gasteiger partial charge in [0.2, 0.25) is 5.91 Å². The SMILES string of the molecule is CS(=O)(=O)c1ccccc1-c1ccc(NC(=O)C2(NC(=O)Nc3ccc(Cl)cn3)CC2)c(C(F)(F)F)c1. The Kier molecular flexibility index (Phi) is 6.91. The van der Waals surface area contributed by atoms with Crippen molar-refractivity contribution in [2.24, 2.45) is 0 Å². The molecule has 8 nitrogen and oxygen atoms in total. The Hall–Kier alpha value is -3.64. The summed E-state index contributed by atoms with van der Waals surface area (Å²) >= 11 is 5.75. The van der Waals surface area contributed by atoms with Crippen LogP contribution in [0.4, 0.5) is 29.5 Å². The molecule has 1 saturated carbocycles. The van der Waals surface area contributed by atoms with Crippen LogP contribution in [0.5, 0.6) is 0 Å². The van der Waals surface area contributed by atoms with Gasteiger partial charge >= 0.3 is 12.2 Å². The van der Waals surface area contributed by atoms with Gasteiger partial charge < -0.3 is 10.6 Å². The lowest BCUT2D eigenvalue weighted by molar-refractivity contribution is -0.137. The van der Waals surface area contributed by atoms with Gasteiger partial charge in [-0.3, -0.25) is 10.1 Å². The molecule has 3 N–H and O–H groups in total. The molecule has 0 spiro atoms. The molecule has 0 unspecified atom stereocenters. The summed E-state index contributed by atoms with van der Waals surface area (Å²) < 4.78 is 66.1. The number of hydrogen-bond acceptors (Lipinski definition) is 5. The number of carbonyl (C=O) groups is 2. The average molecular weight is 553 g/mol. The average Bonchev–Trinajstić information content (AvgIpc) is 3.60. The Morgan fingerprint density at radius 2 is 1.73 bits per heavy atom. The Bertz CT molecular complexity index is 1470. The van der Waals surface area contributed by atoms with E-state index in [-0.39, 0.29) is 34.7 Å². The summed E-state index contributed by atoms with van der Waals surface area (Å²) in [6.07, 6.45) is -2.14. The number of nitrogens with one attached hydrogen (secondary N) is 3. The molecule has 2 aromatic carbocycles. The molecule has 194 valence electrons. The number of amides is 3. The zero-order valence-corrected chi connectivity index (χ0v) is 20.8. The van der Waals surface area contributed by atoms with Gasteiger partial charge in [-0.05, 0) is 48.7 Å². The largest absolute Gasteiger partial charge is 0.418 e. The first-order chi connectivity index (χ1) is 17.3. The molecule has 4 rings (SSSR count). The summed E-state index contributed by atoms with van der Waals surface area (Å²) in [5.41, 5.74) is -2.96. The number of sulfone groups is 1. The Labute approximate surface area is 215 Å². The first kappa shape index (κ1) is 26.4. The fourth-order valence-corrected chi connectivity index (χ4v) is 4.70. The van der Waals surface area contributed by atoms with E-state index in [1.807, 2.05) is 0 Å². The zero-order valence-electron chi connectivity index (χ0n) is 19.2. The van der Waals surface area contributed by atoms with Crippen molar-refractivity contribution in [1.29, 1.82) is 0 Å². The number of benzene rings is 2. The number of halogens is 4. The van der Waals surface area contributed by atoms with Gasteiger partial charge in [-0.15, -0.1) is 0 Å². The standard InChI is InChI=1S/C24H20ClF3N4O4S/c1-37(35,36)19-5-3-2-4-16(19)14-6-8-18(17(12-14)24(26,27)28)30-21(33)23(10-11-23)32-22(34)31-20-9-7-15(25)13-29-20/h2-9,12-13H,10-11H2,1H3,(H,30,33)(H2,29,31,32,34). The molecule has 3 aromatic rings. The Morgan fingerprint density at radius 3 is 2.32 bits per heavy atom. The van der Waals surface area contributed by atoms with E-state index in [0.29, 0.717) is 5.02 Å². The summed E-state index contributed by atoms with van der Waals surface area (Å²) in [5, 5.41) is 7.54. The normalized spacial score (nSPS) is 14.5. The Morgan fingerprint density at radius 1 is 1.03 bits per heavy atom. The molecule has 0 saturated heterocycles. The van der Waals surface area contributed by atoms with E-state index >= 15 is 0 Å². The molecule has 1 aromatic heterocycles. The number of alkyl halides is 3. The number of pyridine rings is 1. The monoisotopic (exact) mass is 552 g/mol. The summed E-state index contributed by atoms with van der Waals surface area (Å²) in [6, 6.07) is 11.0. The highest BCUT2D eigenvalue weighted by Crippen LogP contribution is 2.41. The second-order valence-electron chi connectivity index (χ2n) is 8.50. The van der Waals surface area contributed by atoms with E-state index in [2.05, 4.69) is 20.9 Å². The van der Waals surface area contributed by atoms with Gasteiger partial charge in [-0.1, -0.05) is 35.9 Å². The number of anilines is 2. The minimum atomic E-state index is -4.86. The Balaban J connectivity index is 1.57. The second kappa shape index (κ2) is 9.67. The van der Waals surface area contributed by atoms with Crippen LogP contribution in [0.15, 0.2) is 65.7 Å². The molecular weight excluding hydrogens is 533 g/mol. The number of hydrogen-bond donors (Lipinski definition) is 3. The van der Waals surface area contributed by atoms with Gasteiger partial charge in [0.25, 0.3) is 0 Å². The quantitative estimate of drug-likeness (QED) is 0.392. The van der Waals surface area contributed by atoms with Crippen LogP contribution >= 0.6 is 11.6 Å². The van der Waals surface area contributed by atoms with Gasteiger partial charge in [0.15, 0.2) is 9.84 Å². The molecule has 1 aliphatic carbocycles. The van der Waals surface area contributed by atoms with Gasteiger partial charge in [0, 0.05) is 18.0 Å². The maximum absolute atomic E-state index is 14.0. The molecule has 0 atom stereocenters. The highest BCUT2D eigenvalue weighted by Gasteiger charge is 2.52. The van der Waals surface area contributed by atoms with Crippen molar-refractivity contribution in [2.45, 2.75) is 29.5 Å². The lowest BCUT2D eigenvalue weighted by Gasteiger charge is -2.20. The number of urea groups is 1. The van der Waals surface area contributed by atoms with Crippen LogP contribution < -0.4 is 16.0 Å². The smallest absolute Gasteiger partial charge is 0.323 e. The number of carbonyl (C=O) groups excluding carboxylic acids is 2. The molecule has 0 bridgehead atoms. The molecule has 37 heavy (non-hydrogen) atoms. The molecule has 0 radical (unpaired) electrons. The first-order valence-electron chi connectivity index (χ1n) is 10.8. The van der Waals surface area contributed by atoms with Crippen LogP contribution in [0.25, 0.3) is 11.1 Å². The third-order valence-corrected chi connectivity index (χ3v) is 7.06. The fourth-order valence-electron chi connectivity index (χ4n) is 3.67. The maximum atomic E-state index is 14.0. The van der Waals surface area contributed by atoms with Gasteiger partial charge in [0.1, 0.15) is 11.4 Å². The predicted molar refractivity (Wildman–Crippen MR) is 132 cm³/mol. The van der Waals surface area contributed by atoms with Gasteiger partial charge in [-0.2, -0.15) is 13.2 Å². The van der Waals surface area contributed by atoms with Crippen LogP contribution in [-0.2, 0) is 20.8 Å². The lowest BCUT2D eigenvalue weighted by atomic mass is 10.0. The fraction of sp³-hybridized carbons (Fsp3) is 0.208. The number of nitrogens with zero attached hydrogens (tertiary/aromatic N) is 1. The van der Waals surface area contributed by atoms with E-state index in [0.717, 1.165) is 18.4 Å². The van der Waals surface area contributed by atoms with Crippen molar-refractivity contribution in [3.8, 4) is 11.1 Å². The minimum absolute atomic E-state index is 0.0143. The summed E-state index contributed by atoms with van der Waals surface area (Å²) in [4.78, 5) is 29.0. The van der Waals surface area contributed by atoms with Crippen molar-refractivity contribution in [2.75, 3.05) is 16.9 Å². The molecule has 3 amide bonds. The van der Waals surface area contributed by atoms with Gasteiger partial charge in [0.05, 0.1) is 21.2 Å². The van der Waals surface area contributed by atoms with E-state index in [9.17, 15) is 31.2 Å². The van der Waals surface area contributed by atoms with Crippen LogP contribution in [0.2, 0.25) is 5.02 Å². The second-order valence-corrected chi connectivity index (χ2v) is 10.9. The van der Waals surface area contributed by atoms with Crippen molar-refractivity contribution in [1.82, 2.24) is 10.3 Å². The maximum Gasteiger partial charge on any atom is 0.418 e. The highest BCUT2D eigenvalue weighted by molar-refractivity contribution is 7.90. The zero-order chi connectivity index (χ0) is 27.0. The van der Waals surface area contributed by atoms with Crippen molar-refractivity contribution >= 4 is 44.9 Å². The molecule has 1 aliphatic rings. The number of aromatic nitrogens is 1. The predicted octanol–water partition coefficient (Wildman–Crippen LogP) is 5.12. The number of rotatable bonds is 6. The topological polar surface area (TPSA) is 117 Å². The molecular formula is C24H20ClF3N4O4S. The highest BCUT2D eigenvalue weighted by atomic mass is 35.5. The van der Waals surface area contributed by atoms with Crippen molar-refractivity contribution < 1.29 is 31.2 Å². The van der Waals surface area contributed by atoms with Crippen LogP contribution in [0.1, 0.15) is 18.4 Å². The third-order valence-electron chi connectivity index (χ3n) is 5.68. The van der Waals surface area contributed by atoms with E-state index < -0.39 is 44.7 Å². The molecule has 13 heteroatoms. The molecule has 0 aliphatic heterocycles. The summed E-state index contributed by atoms with van der Waals surface area (Å²) in [5.74, 6) is -0.649. The lowest BCUT2D eigenvalue weighted by Crippen LogP contribution is -2.48. The van der Waals surface area contributed by atoms with Crippen LogP contribution in [0, 0.1) is 0 Å². The van der Waals surface area contributed by atoms with Crippen molar-refractivity contribution in [3.63, 3.8) is 0 Å². The molecule has 1 fully saturated rings. The van der Waals surface area contributed by atoms with Crippen LogP contribution in [0.3, 0.4) is 0 Å².